The van der Waals surface area contributed by atoms with Crippen LogP contribution < -0.4 is 5.73 Å². The van der Waals surface area contributed by atoms with Crippen LogP contribution in [0.2, 0.25) is 0 Å². The largest absolute Gasteiger partial charge is 0.339 e. The predicted molar refractivity (Wildman–Crippen MR) is 74.5 cm³/mol. The molecule has 1 aliphatic rings. The zero-order chi connectivity index (χ0) is 13.5. The number of pyridine rings is 1. The first kappa shape index (κ1) is 13.6. The van der Waals surface area contributed by atoms with Crippen molar-refractivity contribution < 1.29 is 4.79 Å². The number of carbonyl (C=O) groups excluding carboxylic acids is 1. The Kier molecular flexibility index (Phi) is 4.93. The van der Waals surface area contributed by atoms with Crippen LogP contribution in [0, 0.1) is 11.8 Å². The molecule has 100 valence electrons. The summed E-state index contributed by atoms with van der Waals surface area (Å²) in [6, 6.07) is 1.74. The van der Waals surface area contributed by atoms with Gasteiger partial charge in [0.1, 0.15) is 0 Å². The second-order valence-corrected chi connectivity index (χ2v) is 4.63. The zero-order valence-electron chi connectivity index (χ0n) is 11.1. The quantitative estimate of drug-likeness (QED) is 0.774. The van der Waals surface area contributed by atoms with Crippen LogP contribution >= 0.6 is 0 Å². The van der Waals surface area contributed by atoms with Crippen LogP contribution in [-0.4, -0.2) is 35.4 Å². The van der Waals surface area contributed by atoms with E-state index in [-0.39, 0.29) is 12.5 Å². The maximum Gasteiger partial charge on any atom is 0.255 e. The standard InChI is InChI=1S/C15H19N3O/c16-8-5-6-13-12-17-9-7-14(13)15(19)18-10-3-1-2-4-11-18/h7,9,12H,1-4,8,10-11,16H2. The fourth-order valence-electron chi connectivity index (χ4n) is 2.27. The van der Waals surface area contributed by atoms with Crippen LogP contribution in [0.25, 0.3) is 0 Å². The molecule has 0 radical (unpaired) electrons. The van der Waals surface area contributed by atoms with E-state index in [1.807, 2.05) is 4.90 Å². The lowest BCUT2D eigenvalue weighted by Gasteiger charge is -2.20. The van der Waals surface area contributed by atoms with E-state index in [0.717, 1.165) is 25.9 Å². The van der Waals surface area contributed by atoms with E-state index in [1.54, 1.807) is 18.5 Å². The van der Waals surface area contributed by atoms with Gasteiger partial charge in [0.25, 0.3) is 5.91 Å². The molecule has 2 rings (SSSR count). The molecule has 4 nitrogen and oxygen atoms in total. The van der Waals surface area contributed by atoms with E-state index >= 15 is 0 Å². The molecule has 0 bridgehead atoms. The lowest BCUT2D eigenvalue weighted by atomic mass is 10.1. The molecule has 0 saturated carbocycles. The maximum absolute atomic E-state index is 12.5. The van der Waals surface area contributed by atoms with Gasteiger partial charge in [-0.2, -0.15) is 0 Å². The van der Waals surface area contributed by atoms with Crippen molar-refractivity contribution in [3.05, 3.63) is 29.6 Å². The molecule has 0 aliphatic carbocycles. The molecule has 19 heavy (non-hydrogen) atoms. The van der Waals surface area contributed by atoms with Crippen molar-refractivity contribution in [1.82, 2.24) is 9.88 Å². The first-order chi connectivity index (χ1) is 9.33. The third-order valence-electron chi connectivity index (χ3n) is 3.27. The number of nitrogens with zero attached hydrogens (tertiary/aromatic N) is 2. The molecular formula is C15H19N3O. The van der Waals surface area contributed by atoms with E-state index in [4.69, 9.17) is 5.73 Å². The summed E-state index contributed by atoms with van der Waals surface area (Å²) in [5, 5.41) is 0. The van der Waals surface area contributed by atoms with Gasteiger partial charge in [-0.1, -0.05) is 24.7 Å². The molecule has 1 aliphatic heterocycles. The number of rotatable bonds is 1. The molecule has 2 N–H and O–H groups in total. The van der Waals surface area contributed by atoms with Crippen LogP contribution in [0.3, 0.4) is 0 Å². The SMILES string of the molecule is NCC#Cc1cnccc1C(=O)N1CCCCCC1. The Morgan fingerprint density at radius 2 is 2.05 bits per heavy atom. The van der Waals surface area contributed by atoms with Gasteiger partial charge in [0.2, 0.25) is 0 Å². The third kappa shape index (κ3) is 3.55. The Morgan fingerprint density at radius 1 is 1.32 bits per heavy atom. The summed E-state index contributed by atoms with van der Waals surface area (Å²) in [6.07, 6.45) is 7.85. The number of aromatic nitrogens is 1. The van der Waals surface area contributed by atoms with Gasteiger partial charge in [-0.3, -0.25) is 9.78 Å². The van der Waals surface area contributed by atoms with Gasteiger partial charge in [-0.05, 0) is 18.9 Å². The first-order valence-electron chi connectivity index (χ1n) is 6.75. The first-order valence-corrected chi connectivity index (χ1v) is 6.75. The molecule has 1 fully saturated rings. The Labute approximate surface area is 114 Å². The summed E-state index contributed by atoms with van der Waals surface area (Å²) < 4.78 is 0. The van der Waals surface area contributed by atoms with Crippen LogP contribution in [0.1, 0.15) is 41.6 Å². The molecular weight excluding hydrogens is 238 g/mol. The van der Waals surface area contributed by atoms with Crippen molar-refractivity contribution in [1.29, 1.82) is 0 Å². The summed E-state index contributed by atoms with van der Waals surface area (Å²) >= 11 is 0. The van der Waals surface area contributed by atoms with Crippen molar-refractivity contribution in [2.24, 2.45) is 5.73 Å². The van der Waals surface area contributed by atoms with E-state index in [0.29, 0.717) is 11.1 Å². The summed E-state index contributed by atoms with van der Waals surface area (Å²) in [6.45, 7) is 1.96. The van der Waals surface area contributed by atoms with Crippen molar-refractivity contribution >= 4 is 5.91 Å². The highest BCUT2D eigenvalue weighted by Crippen LogP contribution is 2.15. The minimum Gasteiger partial charge on any atom is -0.339 e. The van der Waals surface area contributed by atoms with Gasteiger partial charge in [-0.25, -0.2) is 0 Å². The van der Waals surface area contributed by atoms with Crippen LogP contribution in [-0.2, 0) is 0 Å². The summed E-state index contributed by atoms with van der Waals surface area (Å²) in [5.74, 6) is 5.77. The second-order valence-electron chi connectivity index (χ2n) is 4.63. The lowest BCUT2D eigenvalue weighted by Crippen LogP contribution is -2.32. The number of nitrogens with two attached hydrogens (primary N) is 1. The number of likely N-dealkylation sites (tertiary alicyclic amines) is 1. The Hall–Kier alpha value is -1.86. The summed E-state index contributed by atoms with van der Waals surface area (Å²) in [5.41, 5.74) is 6.68. The minimum atomic E-state index is 0.0608. The van der Waals surface area contributed by atoms with E-state index in [9.17, 15) is 4.79 Å². The highest BCUT2D eigenvalue weighted by Gasteiger charge is 2.19. The molecule has 1 aromatic heterocycles. The third-order valence-corrected chi connectivity index (χ3v) is 3.27. The van der Waals surface area contributed by atoms with E-state index in [2.05, 4.69) is 16.8 Å². The van der Waals surface area contributed by atoms with E-state index in [1.165, 1.54) is 12.8 Å². The molecule has 0 atom stereocenters. The fraction of sp³-hybridized carbons (Fsp3) is 0.467. The van der Waals surface area contributed by atoms with Crippen molar-refractivity contribution in [2.45, 2.75) is 25.7 Å². The Balaban J connectivity index is 2.22. The number of carbonyl (C=O) groups is 1. The van der Waals surface area contributed by atoms with Crippen LogP contribution in [0.4, 0.5) is 0 Å². The topological polar surface area (TPSA) is 59.2 Å². The number of hydrogen-bond acceptors (Lipinski definition) is 3. The molecule has 0 unspecified atom stereocenters. The maximum atomic E-state index is 12.5. The number of hydrogen-bond donors (Lipinski definition) is 1. The molecule has 0 spiro atoms. The molecule has 1 saturated heterocycles. The fourth-order valence-corrected chi connectivity index (χ4v) is 2.27. The lowest BCUT2D eigenvalue weighted by molar-refractivity contribution is 0.0761. The zero-order valence-corrected chi connectivity index (χ0v) is 11.1. The number of amides is 1. The van der Waals surface area contributed by atoms with Crippen molar-refractivity contribution in [3.8, 4) is 11.8 Å². The van der Waals surface area contributed by atoms with Crippen LogP contribution in [0.5, 0.6) is 0 Å². The van der Waals surface area contributed by atoms with Crippen molar-refractivity contribution in [2.75, 3.05) is 19.6 Å². The van der Waals surface area contributed by atoms with Crippen LogP contribution in [0.15, 0.2) is 18.5 Å². The minimum absolute atomic E-state index is 0.0608. The average Bonchev–Trinajstić information content (AvgIpc) is 2.73. The highest BCUT2D eigenvalue weighted by molar-refractivity contribution is 5.96. The van der Waals surface area contributed by atoms with Gasteiger partial charge in [0.05, 0.1) is 17.7 Å². The monoisotopic (exact) mass is 257 g/mol. The van der Waals surface area contributed by atoms with Gasteiger partial charge < -0.3 is 10.6 Å². The van der Waals surface area contributed by atoms with Gasteiger partial charge in [0.15, 0.2) is 0 Å². The highest BCUT2D eigenvalue weighted by atomic mass is 16.2. The second kappa shape index (κ2) is 6.91. The van der Waals surface area contributed by atoms with Gasteiger partial charge >= 0.3 is 0 Å². The Morgan fingerprint density at radius 3 is 2.74 bits per heavy atom. The summed E-state index contributed by atoms with van der Waals surface area (Å²) in [7, 11) is 0. The smallest absolute Gasteiger partial charge is 0.255 e. The molecule has 2 heterocycles. The molecule has 1 aromatic rings. The average molecular weight is 257 g/mol. The summed E-state index contributed by atoms with van der Waals surface area (Å²) in [4.78, 5) is 18.5. The molecule has 0 aromatic carbocycles. The molecule has 4 heteroatoms. The van der Waals surface area contributed by atoms with Crippen molar-refractivity contribution in [3.63, 3.8) is 0 Å². The Bertz CT molecular complexity index is 494. The van der Waals surface area contributed by atoms with Gasteiger partial charge in [-0.15, -0.1) is 0 Å². The predicted octanol–water partition coefficient (Wildman–Crippen LogP) is 1.41. The molecule has 1 amide bonds. The van der Waals surface area contributed by atoms with E-state index < -0.39 is 0 Å². The normalized spacial score (nSPS) is 15.3. The van der Waals surface area contributed by atoms with Gasteiger partial charge in [0, 0.05) is 25.5 Å².